The quantitative estimate of drug-likeness (QED) is 0.884. The van der Waals surface area contributed by atoms with Gasteiger partial charge in [0, 0.05) is 23.3 Å². The molecule has 0 saturated carbocycles. The maximum atomic E-state index is 12.6. The monoisotopic (exact) mass is 360 g/mol. The standard InChI is InChI=1S/C19H24N2O3S/c1-6-13-11(3)25-18(20-13)21-16(23)7-12-10(2)24-15-9-19(4,5)8-14(22)17(12)15/h6-9H2,1-5H3,(H,20,21,23). The van der Waals surface area contributed by atoms with Crippen molar-refractivity contribution in [2.45, 2.75) is 60.3 Å². The number of nitrogens with zero attached hydrogens (tertiary/aromatic N) is 1. The summed E-state index contributed by atoms with van der Waals surface area (Å²) in [7, 11) is 0. The number of furan rings is 1. The van der Waals surface area contributed by atoms with Gasteiger partial charge in [0.15, 0.2) is 10.9 Å². The highest BCUT2D eigenvalue weighted by atomic mass is 32.1. The molecule has 5 nitrogen and oxygen atoms in total. The van der Waals surface area contributed by atoms with Gasteiger partial charge in [-0.15, -0.1) is 11.3 Å². The Kier molecular flexibility index (Phi) is 4.58. The van der Waals surface area contributed by atoms with Gasteiger partial charge in [0.05, 0.1) is 17.7 Å². The summed E-state index contributed by atoms with van der Waals surface area (Å²) in [6.07, 6.45) is 2.19. The fourth-order valence-corrected chi connectivity index (χ4v) is 4.38. The lowest BCUT2D eigenvalue weighted by molar-refractivity contribution is -0.115. The Morgan fingerprint density at radius 1 is 1.32 bits per heavy atom. The molecule has 25 heavy (non-hydrogen) atoms. The molecule has 2 aromatic heterocycles. The SMILES string of the molecule is CCc1nc(NC(=O)Cc2c(C)oc3c2C(=O)CC(C)(C)C3)sc1C. The molecule has 0 aromatic carbocycles. The zero-order valence-electron chi connectivity index (χ0n) is 15.4. The van der Waals surface area contributed by atoms with Gasteiger partial charge in [-0.05, 0) is 25.7 Å². The normalized spacial score (nSPS) is 16.0. The third-order valence-corrected chi connectivity index (χ3v) is 5.58. The van der Waals surface area contributed by atoms with Crippen LogP contribution < -0.4 is 5.32 Å². The molecule has 2 heterocycles. The summed E-state index contributed by atoms with van der Waals surface area (Å²) in [6.45, 7) is 10.00. The molecule has 134 valence electrons. The molecule has 1 aliphatic carbocycles. The second-order valence-corrected chi connectivity index (χ2v) is 8.68. The fourth-order valence-electron chi connectivity index (χ4n) is 3.46. The van der Waals surface area contributed by atoms with Crippen LogP contribution in [-0.4, -0.2) is 16.7 Å². The van der Waals surface area contributed by atoms with Crippen LogP contribution in [0.5, 0.6) is 0 Å². The van der Waals surface area contributed by atoms with Gasteiger partial charge in [-0.3, -0.25) is 9.59 Å². The van der Waals surface area contributed by atoms with Crippen molar-refractivity contribution < 1.29 is 14.0 Å². The molecule has 1 N–H and O–H groups in total. The maximum Gasteiger partial charge on any atom is 0.230 e. The van der Waals surface area contributed by atoms with Crippen molar-refractivity contribution in [3.63, 3.8) is 0 Å². The zero-order chi connectivity index (χ0) is 18.4. The molecule has 1 amide bonds. The third kappa shape index (κ3) is 3.54. The number of rotatable bonds is 4. The minimum absolute atomic E-state index is 0.0734. The molecule has 0 fully saturated rings. The van der Waals surface area contributed by atoms with Crippen LogP contribution in [0.2, 0.25) is 0 Å². The van der Waals surface area contributed by atoms with Crippen molar-refractivity contribution in [1.82, 2.24) is 4.98 Å². The summed E-state index contributed by atoms with van der Waals surface area (Å²) in [5.41, 5.74) is 2.26. The Morgan fingerprint density at radius 2 is 2.04 bits per heavy atom. The molecular formula is C19H24N2O3S. The van der Waals surface area contributed by atoms with Crippen LogP contribution in [0.15, 0.2) is 4.42 Å². The molecule has 0 radical (unpaired) electrons. The number of aryl methyl sites for hydroxylation is 3. The molecular weight excluding hydrogens is 336 g/mol. The lowest BCUT2D eigenvalue weighted by Crippen LogP contribution is -2.27. The maximum absolute atomic E-state index is 12.6. The summed E-state index contributed by atoms with van der Waals surface area (Å²) in [5.74, 6) is 1.29. The van der Waals surface area contributed by atoms with Gasteiger partial charge >= 0.3 is 0 Å². The number of anilines is 1. The summed E-state index contributed by atoms with van der Waals surface area (Å²) in [4.78, 5) is 30.6. The molecule has 0 spiro atoms. The van der Waals surface area contributed by atoms with E-state index in [1.807, 2.05) is 20.8 Å². The van der Waals surface area contributed by atoms with Gasteiger partial charge in [0.1, 0.15) is 11.5 Å². The van der Waals surface area contributed by atoms with Crippen LogP contribution in [0.3, 0.4) is 0 Å². The van der Waals surface area contributed by atoms with Crippen molar-refractivity contribution in [1.29, 1.82) is 0 Å². The largest absolute Gasteiger partial charge is 0.465 e. The highest BCUT2D eigenvalue weighted by Gasteiger charge is 2.36. The lowest BCUT2D eigenvalue weighted by Gasteiger charge is -2.27. The molecule has 1 aliphatic rings. The molecule has 6 heteroatoms. The van der Waals surface area contributed by atoms with E-state index in [9.17, 15) is 9.59 Å². The first kappa shape index (κ1) is 17.9. The van der Waals surface area contributed by atoms with Gasteiger partial charge in [-0.1, -0.05) is 20.8 Å². The van der Waals surface area contributed by atoms with E-state index in [1.165, 1.54) is 11.3 Å². The van der Waals surface area contributed by atoms with Gasteiger partial charge in [-0.2, -0.15) is 0 Å². The summed E-state index contributed by atoms with van der Waals surface area (Å²) in [6, 6.07) is 0. The number of aromatic nitrogens is 1. The number of carbonyl (C=O) groups is 2. The van der Waals surface area contributed by atoms with E-state index >= 15 is 0 Å². The first-order valence-corrected chi connectivity index (χ1v) is 9.42. The van der Waals surface area contributed by atoms with Gasteiger partial charge in [0.2, 0.25) is 5.91 Å². The van der Waals surface area contributed by atoms with Crippen LogP contribution in [0.4, 0.5) is 5.13 Å². The number of ketones is 1. The Hall–Kier alpha value is -1.95. The number of carbonyl (C=O) groups excluding carboxylic acids is 2. The van der Waals surface area contributed by atoms with Crippen molar-refractivity contribution in [2.75, 3.05) is 5.32 Å². The first-order valence-electron chi connectivity index (χ1n) is 8.60. The first-order chi connectivity index (χ1) is 11.7. The topological polar surface area (TPSA) is 72.2 Å². The van der Waals surface area contributed by atoms with Crippen LogP contribution in [0, 0.1) is 19.3 Å². The Bertz CT molecular complexity index is 845. The van der Waals surface area contributed by atoms with E-state index in [0.717, 1.165) is 34.7 Å². The van der Waals surface area contributed by atoms with Crippen LogP contribution in [0.1, 0.15) is 65.2 Å². The van der Waals surface area contributed by atoms with E-state index < -0.39 is 0 Å². The van der Waals surface area contributed by atoms with Crippen molar-refractivity contribution >= 4 is 28.2 Å². The Morgan fingerprint density at radius 3 is 2.68 bits per heavy atom. The van der Waals surface area contributed by atoms with E-state index in [0.29, 0.717) is 22.9 Å². The number of hydrogen-bond acceptors (Lipinski definition) is 5. The molecule has 0 atom stereocenters. The molecule has 0 saturated heterocycles. The number of amides is 1. The number of thiazole rings is 1. The van der Waals surface area contributed by atoms with E-state index in [2.05, 4.69) is 24.1 Å². The Balaban J connectivity index is 1.80. The summed E-state index contributed by atoms with van der Waals surface area (Å²) < 4.78 is 5.82. The fraction of sp³-hybridized carbons (Fsp3) is 0.526. The minimum atomic E-state index is -0.166. The van der Waals surface area contributed by atoms with Gasteiger partial charge < -0.3 is 9.73 Å². The van der Waals surface area contributed by atoms with Crippen LogP contribution in [-0.2, 0) is 24.1 Å². The third-order valence-electron chi connectivity index (χ3n) is 4.65. The second kappa shape index (κ2) is 6.41. The zero-order valence-corrected chi connectivity index (χ0v) is 16.2. The van der Waals surface area contributed by atoms with Crippen LogP contribution in [0.25, 0.3) is 0 Å². The number of fused-ring (bicyclic) bond motifs is 1. The van der Waals surface area contributed by atoms with Crippen LogP contribution >= 0.6 is 11.3 Å². The van der Waals surface area contributed by atoms with E-state index in [4.69, 9.17) is 4.42 Å². The van der Waals surface area contributed by atoms with Crippen molar-refractivity contribution in [2.24, 2.45) is 5.41 Å². The summed E-state index contributed by atoms with van der Waals surface area (Å²) in [5, 5.41) is 3.47. The molecule has 2 aromatic rings. The molecule has 0 unspecified atom stereocenters. The number of hydrogen-bond donors (Lipinski definition) is 1. The highest BCUT2D eigenvalue weighted by Crippen LogP contribution is 2.38. The van der Waals surface area contributed by atoms with E-state index in [1.54, 1.807) is 0 Å². The number of nitrogens with one attached hydrogen (secondary N) is 1. The predicted molar refractivity (Wildman–Crippen MR) is 98.4 cm³/mol. The Labute approximate surface area is 151 Å². The minimum Gasteiger partial charge on any atom is -0.465 e. The molecule has 0 bridgehead atoms. The van der Waals surface area contributed by atoms with Gasteiger partial charge in [0.25, 0.3) is 0 Å². The van der Waals surface area contributed by atoms with Crippen molar-refractivity contribution in [3.8, 4) is 0 Å². The smallest absolute Gasteiger partial charge is 0.230 e. The highest BCUT2D eigenvalue weighted by molar-refractivity contribution is 7.15. The summed E-state index contributed by atoms with van der Waals surface area (Å²) >= 11 is 1.48. The predicted octanol–water partition coefficient (Wildman–Crippen LogP) is 4.25. The molecule has 0 aliphatic heterocycles. The van der Waals surface area contributed by atoms with E-state index in [-0.39, 0.29) is 23.5 Å². The van der Waals surface area contributed by atoms with Gasteiger partial charge in [-0.25, -0.2) is 4.98 Å². The van der Waals surface area contributed by atoms with Crippen molar-refractivity contribution in [3.05, 3.63) is 33.2 Å². The lowest BCUT2D eigenvalue weighted by atomic mass is 9.75. The number of Topliss-reactive ketones (excluding diaryl/α,β-unsaturated/α-hetero) is 1. The second-order valence-electron chi connectivity index (χ2n) is 7.48. The average Bonchev–Trinajstić information content (AvgIpc) is 2.97. The average molecular weight is 360 g/mol. The molecule has 3 rings (SSSR count).